The molecule has 0 aromatic carbocycles. The molecule has 4 rings (SSSR count). The van der Waals surface area contributed by atoms with Crippen molar-refractivity contribution in [2.45, 2.75) is 6.54 Å². The summed E-state index contributed by atoms with van der Waals surface area (Å²) in [7, 11) is 0. The summed E-state index contributed by atoms with van der Waals surface area (Å²) in [6.07, 6.45) is 3.66. The monoisotopic (exact) mass is 361 g/mol. The van der Waals surface area contributed by atoms with Gasteiger partial charge in [0.05, 0.1) is 21.4 Å². The highest BCUT2D eigenvalue weighted by Crippen LogP contribution is 2.29. The summed E-state index contributed by atoms with van der Waals surface area (Å²) < 4.78 is 2.00. The fourth-order valence-electron chi connectivity index (χ4n) is 3.06. The summed E-state index contributed by atoms with van der Waals surface area (Å²) in [6, 6.07) is 7.56. The molecule has 0 spiro atoms. The van der Waals surface area contributed by atoms with Crippen LogP contribution in [0.1, 0.15) is 5.69 Å². The number of pyridine rings is 2. The number of hydrogen-bond donors (Lipinski definition) is 1. The van der Waals surface area contributed by atoms with E-state index in [1.807, 2.05) is 28.8 Å². The fraction of sp³-hybridized carbons (Fsp3) is 0.294. The van der Waals surface area contributed by atoms with Crippen molar-refractivity contribution in [1.29, 1.82) is 0 Å². The summed E-state index contributed by atoms with van der Waals surface area (Å²) in [5.41, 5.74) is 3.48. The van der Waals surface area contributed by atoms with Crippen molar-refractivity contribution in [3.8, 4) is 11.4 Å². The summed E-state index contributed by atoms with van der Waals surface area (Å²) in [4.78, 5) is 11.6. The van der Waals surface area contributed by atoms with E-state index < -0.39 is 0 Å². The normalized spacial score (nSPS) is 15.9. The molecule has 1 aliphatic rings. The Morgan fingerprint density at radius 2 is 2.00 bits per heavy atom. The van der Waals surface area contributed by atoms with Crippen LogP contribution in [0.25, 0.3) is 17.0 Å². The van der Waals surface area contributed by atoms with Gasteiger partial charge in [0.2, 0.25) is 0 Å². The molecule has 7 heteroatoms. The van der Waals surface area contributed by atoms with Gasteiger partial charge in [-0.1, -0.05) is 29.3 Å². The second-order valence-corrected chi connectivity index (χ2v) is 6.69. The minimum absolute atomic E-state index is 0.547. The van der Waals surface area contributed by atoms with Crippen LogP contribution in [0.4, 0.5) is 0 Å². The number of rotatable bonds is 3. The van der Waals surface area contributed by atoms with Crippen LogP contribution in [0.5, 0.6) is 0 Å². The van der Waals surface area contributed by atoms with Gasteiger partial charge in [0.1, 0.15) is 5.69 Å². The third-order valence-electron chi connectivity index (χ3n) is 4.23. The Kier molecular flexibility index (Phi) is 4.41. The molecule has 24 heavy (non-hydrogen) atoms. The number of piperazine rings is 1. The second-order valence-electron chi connectivity index (χ2n) is 5.85. The van der Waals surface area contributed by atoms with Gasteiger partial charge in [-0.3, -0.25) is 14.3 Å². The van der Waals surface area contributed by atoms with Crippen LogP contribution in [0.15, 0.2) is 36.7 Å². The maximum Gasteiger partial charge on any atom is 0.156 e. The SMILES string of the molecule is Clc1cc(Cl)c2nc(-c3ccccn3)c(CN3CCNCC3)n2c1. The third-order valence-corrected chi connectivity index (χ3v) is 4.72. The fourth-order valence-corrected chi connectivity index (χ4v) is 3.57. The van der Waals surface area contributed by atoms with Crippen LogP contribution in [-0.2, 0) is 6.54 Å². The highest BCUT2D eigenvalue weighted by atomic mass is 35.5. The highest BCUT2D eigenvalue weighted by molar-refractivity contribution is 6.36. The number of imidazole rings is 1. The molecule has 1 saturated heterocycles. The third kappa shape index (κ3) is 3.00. The van der Waals surface area contributed by atoms with Gasteiger partial charge in [0.15, 0.2) is 5.65 Å². The van der Waals surface area contributed by atoms with E-state index in [1.165, 1.54) is 0 Å². The van der Waals surface area contributed by atoms with Crippen molar-refractivity contribution in [3.63, 3.8) is 0 Å². The molecule has 0 saturated carbocycles. The summed E-state index contributed by atoms with van der Waals surface area (Å²) in [6.45, 7) is 4.78. The topological polar surface area (TPSA) is 45.5 Å². The molecule has 5 nitrogen and oxygen atoms in total. The Hall–Kier alpha value is -1.66. The summed E-state index contributed by atoms with van der Waals surface area (Å²) in [5.74, 6) is 0. The minimum Gasteiger partial charge on any atom is -0.314 e. The predicted octanol–water partition coefficient (Wildman–Crippen LogP) is 3.11. The quantitative estimate of drug-likeness (QED) is 0.778. The van der Waals surface area contributed by atoms with Crippen molar-refractivity contribution in [1.82, 2.24) is 24.6 Å². The zero-order valence-corrected chi connectivity index (χ0v) is 14.6. The number of nitrogens with zero attached hydrogens (tertiary/aromatic N) is 4. The smallest absolute Gasteiger partial charge is 0.156 e. The molecule has 1 fully saturated rings. The van der Waals surface area contributed by atoms with Crippen molar-refractivity contribution < 1.29 is 0 Å². The van der Waals surface area contributed by atoms with E-state index in [1.54, 1.807) is 12.3 Å². The molecule has 0 amide bonds. The second kappa shape index (κ2) is 6.69. The Morgan fingerprint density at radius 1 is 1.17 bits per heavy atom. The average Bonchev–Trinajstić information content (AvgIpc) is 2.95. The predicted molar refractivity (Wildman–Crippen MR) is 96.6 cm³/mol. The molecule has 1 N–H and O–H groups in total. The molecule has 0 bridgehead atoms. The Balaban J connectivity index is 1.86. The summed E-state index contributed by atoms with van der Waals surface area (Å²) in [5, 5.41) is 4.52. The Labute approximate surface area is 150 Å². The molecule has 0 radical (unpaired) electrons. The molecular formula is C17H17Cl2N5. The van der Waals surface area contributed by atoms with Gasteiger partial charge in [-0.2, -0.15) is 0 Å². The van der Waals surface area contributed by atoms with Gasteiger partial charge >= 0.3 is 0 Å². The van der Waals surface area contributed by atoms with E-state index >= 15 is 0 Å². The lowest BCUT2D eigenvalue weighted by Crippen LogP contribution is -2.43. The molecule has 0 unspecified atom stereocenters. The lowest BCUT2D eigenvalue weighted by molar-refractivity contribution is 0.230. The van der Waals surface area contributed by atoms with E-state index in [9.17, 15) is 0 Å². The number of aromatic nitrogens is 3. The van der Waals surface area contributed by atoms with Crippen LogP contribution in [-0.4, -0.2) is 45.4 Å². The first-order chi connectivity index (χ1) is 11.7. The maximum atomic E-state index is 6.37. The highest BCUT2D eigenvalue weighted by Gasteiger charge is 2.20. The van der Waals surface area contributed by atoms with Crippen LogP contribution in [0.2, 0.25) is 10.0 Å². The van der Waals surface area contributed by atoms with E-state index in [2.05, 4.69) is 15.2 Å². The van der Waals surface area contributed by atoms with Crippen LogP contribution >= 0.6 is 23.2 Å². The van der Waals surface area contributed by atoms with Gasteiger partial charge in [0.25, 0.3) is 0 Å². The molecule has 124 valence electrons. The van der Waals surface area contributed by atoms with E-state index in [-0.39, 0.29) is 0 Å². The minimum atomic E-state index is 0.547. The molecular weight excluding hydrogens is 345 g/mol. The average molecular weight is 362 g/mol. The zero-order valence-electron chi connectivity index (χ0n) is 13.0. The Morgan fingerprint density at radius 3 is 2.75 bits per heavy atom. The lowest BCUT2D eigenvalue weighted by atomic mass is 10.2. The van der Waals surface area contributed by atoms with Gasteiger partial charge in [-0.25, -0.2) is 4.98 Å². The molecule has 0 aliphatic carbocycles. The van der Waals surface area contributed by atoms with Gasteiger partial charge in [0, 0.05) is 45.1 Å². The van der Waals surface area contributed by atoms with Gasteiger partial charge in [-0.05, 0) is 18.2 Å². The van der Waals surface area contributed by atoms with Gasteiger partial charge in [-0.15, -0.1) is 0 Å². The molecule has 0 atom stereocenters. The lowest BCUT2D eigenvalue weighted by Gasteiger charge is -2.27. The molecule has 1 aliphatic heterocycles. The molecule has 4 heterocycles. The summed E-state index contributed by atoms with van der Waals surface area (Å²) >= 11 is 12.6. The van der Waals surface area contributed by atoms with Crippen molar-refractivity contribution >= 4 is 28.8 Å². The van der Waals surface area contributed by atoms with E-state index in [0.717, 1.165) is 49.8 Å². The number of nitrogens with one attached hydrogen (secondary N) is 1. The molecule has 3 aromatic rings. The van der Waals surface area contributed by atoms with E-state index in [4.69, 9.17) is 28.2 Å². The van der Waals surface area contributed by atoms with Crippen molar-refractivity contribution in [3.05, 3.63) is 52.4 Å². The van der Waals surface area contributed by atoms with Crippen molar-refractivity contribution in [2.75, 3.05) is 26.2 Å². The Bertz CT molecular complexity index is 856. The van der Waals surface area contributed by atoms with E-state index in [0.29, 0.717) is 15.7 Å². The maximum absolute atomic E-state index is 6.37. The van der Waals surface area contributed by atoms with Gasteiger partial charge < -0.3 is 5.32 Å². The first-order valence-corrected chi connectivity index (χ1v) is 8.68. The first-order valence-electron chi connectivity index (χ1n) is 7.93. The standard InChI is InChI=1S/C17H17Cl2N5/c18-12-9-13(19)17-22-16(14-3-1-2-4-21-14)15(24(17)10-12)11-23-7-5-20-6-8-23/h1-4,9-10,20H,5-8,11H2. The first kappa shape index (κ1) is 15.8. The number of fused-ring (bicyclic) bond motifs is 1. The van der Waals surface area contributed by atoms with Crippen LogP contribution in [0.3, 0.4) is 0 Å². The van der Waals surface area contributed by atoms with Crippen LogP contribution in [0, 0.1) is 0 Å². The van der Waals surface area contributed by atoms with Crippen molar-refractivity contribution in [2.24, 2.45) is 0 Å². The number of hydrogen-bond acceptors (Lipinski definition) is 4. The zero-order chi connectivity index (χ0) is 16.5. The van der Waals surface area contributed by atoms with Crippen LogP contribution < -0.4 is 5.32 Å². The molecule has 3 aromatic heterocycles. The largest absolute Gasteiger partial charge is 0.314 e. The number of halogens is 2.